The second-order valence-electron chi connectivity index (χ2n) is 7.52. The van der Waals surface area contributed by atoms with Crippen LogP contribution >= 0.6 is 11.6 Å². The number of rotatable bonds is 6. The van der Waals surface area contributed by atoms with Crippen molar-refractivity contribution in [2.24, 2.45) is 0 Å². The van der Waals surface area contributed by atoms with Gasteiger partial charge in [-0.2, -0.15) is 5.10 Å². The summed E-state index contributed by atoms with van der Waals surface area (Å²) in [4.78, 5) is 0. The monoisotopic (exact) mass is 427 g/mol. The van der Waals surface area contributed by atoms with Crippen molar-refractivity contribution in [2.45, 2.75) is 38.3 Å². The first kappa shape index (κ1) is 22.3. The summed E-state index contributed by atoms with van der Waals surface area (Å²) < 4.78 is 21.5. The van der Waals surface area contributed by atoms with Gasteiger partial charge in [-0.15, -0.1) is 12.8 Å². The summed E-state index contributed by atoms with van der Waals surface area (Å²) in [5.41, 5.74) is 2.98. The van der Waals surface area contributed by atoms with E-state index in [1.54, 1.807) is 0 Å². The molecule has 0 bridgehead atoms. The van der Waals surface area contributed by atoms with Crippen LogP contribution in [0.1, 0.15) is 30.9 Å². The second kappa shape index (κ2) is 10.1. The van der Waals surface area contributed by atoms with E-state index in [1.807, 2.05) is 35.1 Å². The van der Waals surface area contributed by atoms with Crippen LogP contribution in [0.25, 0.3) is 10.9 Å². The van der Waals surface area contributed by atoms with E-state index < -0.39 is 0 Å². The lowest BCUT2D eigenvalue weighted by molar-refractivity contribution is 0.0570. The number of terminal acetylenes is 1. The zero-order valence-corrected chi connectivity index (χ0v) is 18.0. The predicted octanol–water partition coefficient (Wildman–Crippen LogP) is 4.94. The van der Waals surface area contributed by atoms with E-state index in [4.69, 9.17) is 16.3 Å². The van der Waals surface area contributed by atoms with E-state index in [0.717, 1.165) is 54.5 Å². The molecule has 4 nitrogen and oxygen atoms in total. The number of benzene rings is 2. The fraction of sp³-hybridized carbons (Fsp3) is 0.375. The Labute approximate surface area is 182 Å². The zero-order chi connectivity index (χ0) is 21.6. The molecule has 0 radical (unpaired) electrons. The van der Waals surface area contributed by atoms with Crippen LogP contribution in [0.15, 0.2) is 42.6 Å². The number of hydrogen-bond acceptors (Lipinski definition) is 3. The van der Waals surface area contributed by atoms with Crippen LogP contribution in [0.5, 0.6) is 0 Å². The van der Waals surface area contributed by atoms with Crippen LogP contribution < -0.4 is 5.32 Å². The molecule has 0 aliphatic carbocycles. The molecule has 1 aromatic heterocycles. The Morgan fingerprint density at radius 1 is 1.20 bits per heavy atom. The van der Waals surface area contributed by atoms with Crippen LogP contribution in [0.4, 0.5) is 4.39 Å². The molecule has 0 atom stereocenters. The Bertz CT molecular complexity index is 991. The quantitative estimate of drug-likeness (QED) is 0.566. The maximum absolute atomic E-state index is 13.4. The highest BCUT2D eigenvalue weighted by Gasteiger charge is 2.34. The lowest BCUT2D eigenvalue weighted by atomic mass is 9.74. The van der Waals surface area contributed by atoms with E-state index in [-0.39, 0.29) is 11.2 Å². The highest BCUT2D eigenvalue weighted by Crippen LogP contribution is 2.34. The van der Waals surface area contributed by atoms with Crippen LogP contribution in [-0.4, -0.2) is 29.5 Å². The predicted molar refractivity (Wildman–Crippen MR) is 120 cm³/mol. The van der Waals surface area contributed by atoms with Gasteiger partial charge in [0.1, 0.15) is 5.82 Å². The molecule has 1 fully saturated rings. The third kappa shape index (κ3) is 4.84. The van der Waals surface area contributed by atoms with Gasteiger partial charge in [0.05, 0.1) is 18.7 Å². The molecule has 1 aliphatic rings. The summed E-state index contributed by atoms with van der Waals surface area (Å²) in [6.45, 7) is 5.78. The zero-order valence-electron chi connectivity index (χ0n) is 17.2. The summed E-state index contributed by atoms with van der Waals surface area (Å²) in [7, 11) is 0. The molecule has 30 heavy (non-hydrogen) atoms. The number of nitrogens with one attached hydrogen (secondary N) is 1. The number of aryl methyl sites for hydroxylation is 1. The molecule has 0 spiro atoms. The van der Waals surface area contributed by atoms with Crippen LogP contribution in [-0.2, 0) is 23.3 Å². The van der Waals surface area contributed by atoms with Crippen molar-refractivity contribution in [3.05, 3.63) is 64.6 Å². The molecule has 2 aromatic carbocycles. The minimum atomic E-state index is -0.207. The third-order valence-electron chi connectivity index (χ3n) is 5.68. The van der Waals surface area contributed by atoms with Crippen LogP contribution in [0, 0.1) is 18.7 Å². The van der Waals surface area contributed by atoms with Gasteiger partial charge in [0.2, 0.25) is 0 Å². The lowest BCUT2D eigenvalue weighted by Crippen LogP contribution is -2.43. The number of nitrogens with zero attached hydrogens (tertiary/aromatic N) is 2. The Hall–Kier alpha value is -2.39. The Balaban J connectivity index is 0.00000124. The molecule has 0 unspecified atom stereocenters. The molecule has 6 heteroatoms. The van der Waals surface area contributed by atoms with Gasteiger partial charge in [0, 0.05) is 34.1 Å². The largest absolute Gasteiger partial charge is 0.376 e. The van der Waals surface area contributed by atoms with Crippen molar-refractivity contribution in [1.29, 1.82) is 0 Å². The maximum atomic E-state index is 13.4. The molecule has 158 valence electrons. The van der Waals surface area contributed by atoms with Crippen molar-refractivity contribution in [2.75, 3.05) is 19.7 Å². The molecular formula is C24H27ClFN3O. The SMILES string of the molecule is C#C.CCn1cc2cc(Cl)cc(COCC3(c4ccc(F)cc4)CCNCC3)c2n1. The summed E-state index contributed by atoms with van der Waals surface area (Å²) >= 11 is 6.31. The number of ether oxygens (including phenoxy) is 1. The molecule has 3 aromatic rings. The van der Waals surface area contributed by atoms with Crippen molar-refractivity contribution in [3.8, 4) is 12.8 Å². The summed E-state index contributed by atoms with van der Waals surface area (Å²) in [6.07, 6.45) is 11.9. The molecule has 1 N–H and O–H groups in total. The number of piperidine rings is 1. The van der Waals surface area contributed by atoms with Crippen LogP contribution in [0.2, 0.25) is 5.02 Å². The smallest absolute Gasteiger partial charge is 0.123 e. The van der Waals surface area contributed by atoms with E-state index in [1.165, 1.54) is 12.1 Å². The third-order valence-corrected chi connectivity index (χ3v) is 5.90. The second-order valence-corrected chi connectivity index (χ2v) is 7.95. The molecule has 0 saturated carbocycles. The highest BCUT2D eigenvalue weighted by molar-refractivity contribution is 6.31. The Kier molecular flexibility index (Phi) is 7.49. The number of hydrogen-bond donors (Lipinski definition) is 1. The average Bonchev–Trinajstić information content (AvgIpc) is 3.19. The van der Waals surface area contributed by atoms with Crippen LogP contribution in [0.3, 0.4) is 0 Å². The Morgan fingerprint density at radius 3 is 2.57 bits per heavy atom. The van der Waals surface area contributed by atoms with Gasteiger partial charge in [-0.1, -0.05) is 23.7 Å². The highest BCUT2D eigenvalue weighted by atomic mass is 35.5. The first-order chi connectivity index (χ1) is 14.6. The molecule has 2 heterocycles. The summed E-state index contributed by atoms with van der Waals surface area (Å²) in [6, 6.07) is 10.7. The number of fused-ring (bicyclic) bond motifs is 1. The molecule has 0 amide bonds. The number of halogens is 2. The molecule has 1 aliphatic heterocycles. The van der Waals surface area contributed by atoms with Gasteiger partial charge in [-0.05, 0) is 62.7 Å². The fourth-order valence-corrected chi connectivity index (χ4v) is 4.32. The Morgan fingerprint density at radius 2 is 1.90 bits per heavy atom. The molecule has 4 rings (SSSR count). The normalized spacial score (nSPS) is 15.5. The van der Waals surface area contributed by atoms with Crippen molar-refractivity contribution in [1.82, 2.24) is 15.1 Å². The van der Waals surface area contributed by atoms with Gasteiger partial charge >= 0.3 is 0 Å². The minimum absolute atomic E-state index is 0.0978. The van der Waals surface area contributed by atoms with E-state index in [2.05, 4.69) is 30.2 Å². The van der Waals surface area contributed by atoms with E-state index in [9.17, 15) is 4.39 Å². The first-order valence-electron chi connectivity index (χ1n) is 10.1. The van der Waals surface area contributed by atoms with Crippen molar-refractivity contribution >= 4 is 22.5 Å². The molecular weight excluding hydrogens is 401 g/mol. The van der Waals surface area contributed by atoms with Crippen molar-refractivity contribution < 1.29 is 9.13 Å². The van der Waals surface area contributed by atoms with Gasteiger partial charge in [0.25, 0.3) is 0 Å². The van der Waals surface area contributed by atoms with Gasteiger partial charge < -0.3 is 10.1 Å². The van der Waals surface area contributed by atoms with Crippen molar-refractivity contribution in [3.63, 3.8) is 0 Å². The van der Waals surface area contributed by atoms with Gasteiger partial charge in [0.15, 0.2) is 0 Å². The van der Waals surface area contributed by atoms with E-state index >= 15 is 0 Å². The standard InChI is InChI=1S/C22H25ClFN3O.C2H2/c1-2-27-13-16-11-19(23)12-17(21(16)26-27)14-28-15-22(7-9-25-10-8-22)18-3-5-20(24)6-4-18;1-2/h3-6,11-13,25H,2,7-10,14-15H2,1H3;1-2H. The number of aromatic nitrogens is 2. The fourth-order valence-electron chi connectivity index (χ4n) is 4.07. The summed E-state index contributed by atoms with van der Waals surface area (Å²) in [5.74, 6) is -0.207. The first-order valence-corrected chi connectivity index (χ1v) is 10.5. The van der Waals surface area contributed by atoms with Gasteiger partial charge in [-0.25, -0.2) is 4.39 Å². The average molecular weight is 428 g/mol. The van der Waals surface area contributed by atoms with E-state index in [0.29, 0.717) is 18.2 Å². The topological polar surface area (TPSA) is 39.1 Å². The molecule has 1 saturated heterocycles. The maximum Gasteiger partial charge on any atom is 0.123 e. The summed E-state index contributed by atoms with van der Waals surface area (Å²) in [5, 5.41) is 9.78. The lowest BCUT2D eigenvalue weighted by Gasteiger charge is -2.38. The van der Waals surface area contributed by atoms with Gasteiger partial charge in [-0.3, -0.25) is 4.68 Å². The minimum Gasteiger partial charge on any atom is -0.376 e.